The molecule has 1 aromatic rings. The molecule has 3 atom stereocenters. The highest BCUT2D eigenvalue weighted by atomic mass is 16.5. The SMILES string of the molecule is CCC(C)CCNC(=O)CC(C)OC(C)Cn1cc(C(C)C)nn1. The fourth-order valence-electron chi connectivity index (χ4n) is 2.41. The largest absolute Gasteiger partial charge is 0.373 e. The van der Waals surface area contributed by atoms with E-state index in [1.165, 1.54) is 0 Å². The molecule has 1 aromatic heterocycles. The Labute approximate surface area is 146 Å². The van der Waals surface area contributed by atoms with Crippen LogP contribution in [0, 0.1) is 5.92 Å². The number of aromatic nitrogens is 3. The zero-order chi connectivity index (χ0) is 18.1. The summed E-state index contributed by atoms with van der Waals surface area (Å²) in [6.45, 7) is 13.9. The van der Waals surface area contributed by atoms with Crippen LogP contribution in [0.25, 0.3) is 0 Å². The Balaban J connectivity index is 2.27. The van der Waals surface area contributed by atoms with Gasteiger partial charge in [0.25, 0.3) is 0 Å². The third-order valence-electron chi connectivity index (χ3n) is 4.19. The van der Waals surface area contributed by atoms with Gasteiger partial charge in [-0.25, -0.2) is 4.68 Å². The fraction of sp³-hybridized carbons (Fsp3) is 0.833. The van der Waals surface area contributed by atoms with Crippen LogP contribution < -0.4 is 5.32 Å². The number of rotatable bonds is 11. The third-order valence-corrected chi connectivity index (χ3v) is 4.19. The van der Waals surface area contributed by atoms with Crippen LogP contribution >= 0.6 is 0 Å². The molecule has 6 nitrogen and oxygen atoms in total. The van der Waals surface area contributed by atoms with Gasteiger partial charge in [0, 0.05) is 12.7 Å². The zero-order valence-electron chi connectivity index (χ0n) is 16.1. The minimum atomic E-state index is -0.114. The normalized spacial score (nSPS) is 15.3. The van der Waals surface area contributed by atoms with E-state index < -0.39 is 0 Å². The molecule has 0 aliphatic rings. The standard InChI is InChI=1S/C18H34N4O2/c1-7-14(4)8-9-19-18(23)10-15(5)24-16(6)11-22-12-17(13(2)3)20-21-22/h12-16H,7-11H2,1-6H3,(H,19,23). The number of nitrogens with zero attached hydrogens (tertiary/aromatic N) is 3. The van der Waals surface area contributed by atoms with E-state index in [1.54, 1.807) is 4.68 Å². The van der Waals surface area contributed by atoms with Crippen molar-refractivity contribution in [3.05, 3.63) is 11.9 Å². The second-order valence-electron chi connectivity index (χ2n) is 7.13. The monoisotopic (exact) mass is 338 g/mol. The van der Waals surface area contributed by atoms with Gasteiger partial charge in [-0.1, -0.05) is 39.3 Å². The Kier molecular flexibility index (Phi) is 8.97. The predicted molar refractivity (Wildman–Crippen MR) is 95.8 cm³/mol. The topological polar surface area (TPSA) is 69.0 Å². The summed E-state index contributed by atoms with van der Waals surface area (Å²) in [6, 6.07) is 0. The lowest BCUT2D eigenvalue weighted by Gasteiger charge is -2.19. The van der Waals surface area contributed by atoms with Gasteiger partial charge in [0.15, 0.2) is 0 Å². The molecule has 24 heavy (non-hydrogen) atoms. The van der Waals surface area contributed by atoms with Crippen LogP contribution in [0.3, 0.4) is 0 Å². The summed E-state index contributed by atoms with van der Waals surface area (Å²) in [5.41, 5.74) is 0.982. The van der Waals surface area contributed by atoms with E-state index in [9.17, 15) is 4.79 Å². The van der Waals surface area contributed by atoms with Crippen molar-refractivity contribution >= 4 is 5.91 Å². The molecule has 0 fully saturated rings. The molecule has 1 rings (SSSR count). The van der Waals surface area contributed by atoms with E-state index in [4.69, 9.17) is 4.74 Å². The quantitative estimate of drug-likeness (QED) is 0.673. The van der Waals surface area contributed by atoms with Crippen LogP contribution in [0.2, 0.25) is 0 Å². The van der Waals surface area contributed by atoms with Gasteiger partial charge in [0.2, 0.25) is 5.91 Å². The number of hydrogen-bond acceptors (Lipinski definition) is 4. The van der Waals surface area contributed by atoms with Crippen LogP contribution in [-0.4, -0.2) is 39.7 Å². The van der Waals surface area contributed by atoms with Gasteiger partial charge < -0.3 is 10.1 Å². The van der Waals surface area contributed by atoms with Crippen molar-refractivity contribution in [1.29, 1.82) is 0 Å². The van der Waals surface area contributed by atoms with Crippen LogP contribution in [0.5, 0.6) is 0 Å². The summed E-state index contributed by atoms with van der Waals surface area (Å²) in [4.78, 5) is 11.9. The molecule has 3 unspecified atom stereocenters. The lowest BCUT2D eigenvalue weighted by Crippen LogP contribution is -2.31. The van der Waals surface area contributed by atoms with Gasteiger partial charge in [-0.3, -0.25) is 4.79 Å². The Bertz CT molecular complexity index is 487. The molecule has 0 aliphatic carbocycles. The second kappa shape index (κ2) is 10.4. The molecular weight excluding hydrogens is 304 g/mol. The molecule has 138 valence electrons. The minimum absolute atomic E-state index is 0.0189. The Morgan fingerprint density at radius 1 is 1.25 bits per heavy atom. The first kappa shape index (κ1) is 20.6. The van der Waals surface area contributed by atoms with Gasteiger partial charge in [-0.05, 0) is 32.1 Å². The Morgan fingerprint density at radius 3 is 2.54 bits per heavy atom. The highest BCUT2D eigenvalue weighted by Gasteiger charge is 2.14. The lowest BCUT2D eigenvalue weighted by atomic mass is 10.1. The van der Waals surface area contributed by atoms with Gasteiger partial charge in [0.05, 0.1) is 30.9 Å². The van der Waals surface area contributed by atoms with E-state index in [2.05, 4.69) is 43.3 Å². The summed E-state index contributed by atoms with van der Waals surface area (Å²) < 4.78 is 7.70. The van der Waals surface area contributed by atoms with Gasteiger partial charge in [0.1, 0.15) is 0 Å². The predicted octanol–water partition coefficient (Wildman–Crippen LogP) is 3.14. The zero-order valence-corrected chi connectivity index (χ0v) is 16.1. The Hall–Kier alpha value is -1.43. The van der Waals surface area contributed by atoms with Crippen molar-refractivity contribution in [2.24, 2.45) is 5.92 Å². The molecule has 0 radical (unpaired) electrons. The summed E-state index contributed by atoms with van der Waals surface area (Å²) in [5, 5.41) is 11.2. The average molecular weight is 338 g/mol. The van der Waals surface area contributed by atoms with E-state index in [0.29, 0.717) is 24.8 Å². The van der Waals surface area contributed by atoms with Gasteiger partial charge in [-0.2, -0.15) is 0 Å². The Morgan fingerprint density at radius 2 is 1.96 bits per heavy atom. The molecule has 0 bridgehead atoms. The van der Waals surface area contributed by atoms with Crippen molar-refractivity contribution in [1.82, 2.24) is 20.3 Å². The van der Waals surface area contributed by atoms with Crippen LogP contribution in [-0.2, 0) is 16.1 Å². The van der Waals surface area contributed by atoms with Gasteiger partial charge >= 0.3 is 0 Å². The number of ether oxygens (including phenoxy) is 1. The molecule has 1 N–H and O–H groups in total. The lowest BCUT2D eigenvalue weighted by molar-refractivity contribution is -0.124. The highest BCUT2D eigenvalue weighted by Crippen LogP contribution is 2.11. The molecule has 0 aromatic carbocycles. The second-order valence-corrected chi connectivity index (χ2v) is 7.13. The summed E-state index contributed by atoms with van der Waals surface area (Å²) in [6.07, 6.45) is 4.38. The smallest absolute Gasteiger partial charge is 0.222 e. The molecule has 1 amide bonds. The van der Waals surface area contributed by atoms with Crippen molar-refractivity contribution < 1.29 is 9.53 Å². The van der Waals surface area contributed by atoms with Crippen molar-refractivity contribution in [3.63, 3.8) is 0 Å². The molecule has 0 saturated heterocycles. The number of carbonyl (C=O) groups excluding carboxylic acids is 1. The molecular formula is C18H34N4O2. The van der Waals surface area contributed by atoms with Crippen molar-refractivity contribution in [2.75, 3.05) is 6.54 Å². The van der Waals surface area contributed by atoms with Crippen LogP contribution in [0.1, 0.15) is 72.4 Å². The first-order valence-electron chi connectivity index (χ1n) is 9.13. The maximum absolute atomic E-state index is 11.9. The average Bonchev–Trinajstić information content (AvgIpc) is 2.95. The maximum atomic E-state index is 11.9. The van der Waals surface area contributed by atoms with Crippen molar-refractivity contribution in [2.45, 2.75) is 85.5 Å². The molecule has 1 heterocycles. The molecule has 0 spiro atoms. The van der Waals surface area contributed by atoms with Gasteiger partial charge in [-0.15, -0.1) is 5.10 Å². The number of nitrogens with one attached hydrogen (secondary N) is 1. The number of amides is 1. The van der Waals surface area contributed by atoms with E-state index in [1.807, 2.05) is 20.0 Å². The summed E-state index contributed by atoms with van der Waals surface area (Å²) in [5.74, 6) is 1.08. The molecule has 6 heteroatoms. The fourth-order valence-corrected chi connectivity index (χ4v) is 2.41. The third kappa shape index (κ3) is 7.90. The van der Waals surface area contributed by atoms with E-state index in [-0.39, 0.29) is 18.1 Å². The number of hydrogen-bond donors (Lipinski definition) is 1. The first-order chi connectivity index (χ1) is 11.3. The van der Waals surface area contributed by atoms with Crippen LogP contribution in [0.15, 0.2) is 6.20 Å². The summed E-state index contributed by atoms with van der Waals surface area (Å²) in [7, 11) is 0. The van der Waals surface area contributed by atoms with Crippen LogP contribution in [0.4, 0.5) is 0 Å². The number of carbonyl (C=O) groups is 1. The molecule has 0 aliphatic heterocycles. The summed E-state index contributed by atoms with van der Waals surface area (Å²) >= 11 is 0. The van der Waals surface area contributed by atoms with Crippen molar-refractivity contribution in [3.8, 4) is 0 Å². The van der Waals surface area contributed by atoms with E-state index >= 15 is 0 Å². The maximum Gasteiger partial charge on any atom is 0.222 e. The highest BCUT2D eigenvalue weighted by molar-refractivity contribution is 5.76. The molecule has 0 saturated carbocycles. The minimum Gasteiger partial charge on any atom is -0.373 e. The van der Waals surface area contributed by atoms with E-state index in [0.717, 1.165) is 25.1 Å². The first-order valence-corrected chi connectivity index (χ1v) is 9.13.